The average Bonchev–Trinajstić information content (AvgIpc) is 3.33. The number of carbonyl (C=O) groups excluding carboxylic acids is 1. The maximum Gasteiger partial charge on any atom is 0.326 e. The van der Waals surface area contributed by atoms with Gasteiger partial charge < -0.3 is 31.4 Å². The van der Waals surface area contributed by atoms with Crippen molar-refractivity contribution in [2.24, 2.45) is 0 Å². The van der Waals surface area contributed by atoms with Gasteiger partial charge >= 0.3 is 11.9 Å². The first-order valence-corrected chi connectivity index (χ1v) is 9.84. The van der Waals surface area contributed by atoms with Gasteiger partial charge in [-0.05, 0) is 24.1 Å². The lowest BCUT2D eigenvalue weighted by Crippen LogP contribution is -2.40. The highest BCUT2D eigenvalue weighted by molar-refractivity contribution is 7.14. The Labute approximate surface area is 179 Å². The van der Waals surface area contributed by atoms with E-state index < -0.39 is 29.8 Å². The zero-order valence-corrected chi connectivity index (χ0v) is 16.8. The van der Waals surface area contributed by atoms with Crippen molar-refractivity contribution in [3.8, 4) is 5.88 Å². The third-order valence-corrected chi connectivity index (χ3v) is 5.71. The maximum atomic E-state index is 12.5. The summed E-state index contributed by atoms with van der Waals surface area (Å²) in [6.07, 6.45) is 2.64. The van der Waals surface area contributed by atoms with Crippen LogP contribution in [-0.2, 0) is 9.59 Å². The third kappa shape index (κ3) is 4.64. The number of aliphatic carboxylic acids is 2. The average molecular weight is 445 g/mol. The fraction of sp³-hybridized carbons (Fsp3) is 0.211. The Hall–Kier alpha value is -3.93. The molecule has 0 aliphatic carbocycles. The van der Waals surface area contributed by atoms with Gasteiger partial charge in [0.25, 0.3) is 5.91 Å². The van der Waals surface area contributed by atoms with E-state index in [1.54, 1.807) is 18.3 Å². The van der Waals surface area contributed by atoms with Crippen LogP contribution in [0.4, 0.5) is 5.95 Å². The predicted octanol–water partition coefficient (Wildman–Crippen LogP) is 1.67. The maximum absolute atomic E-state index is 12.5. The summed E-state index contributed by atoms with van der Waals surface area (Å²) in [7, 11) is 0. The number of hydrogen-bond acceptors (Lipinski definition) is 8. The number of aromatic amines is 1. The number of anilines is 1. The number of nitrogens with zero attached hydrogens (tertiary/aromatic N) is 2. The summed E-state index contributed by atoms with van der Waals surface area (Å²) >= 11 is 1.11. The van der Waals surface area contributed by atoms with Gasteiger partial charge in [0.15, 0.2) is 0 Å². The van der Waals surface area contributed by atoms with Crippen molar-refractivity contribution < 1.29 is 29.7 Å². The minimum absolute atomic E-state index is 0.0838. The summed E-state index contributed by atoms with van der Waals surface area (Å²) in [4.78, 5) is 46.2. The van der Waals surface area contributed by atoms with E-state index in [1.807, 2.05) is 0 Å². The van der Waals surface area contributed by atoms with Gasteiger partial charge in [-0.25, -0.2) is 4.79 Å². The number of nitrogen functional groups attached to an aromatic ring is 1. The number of thiophene rings is 1. The zero-order chi connectivity index (χ0) is 22.7. The van der Waals surface area contributed by atoms with E-state index in [0.717, 1.165) is 11.3 Å². The Morgan fingerprint density at radius 2 is 2.03 bits per heavy atom. The predicted molar refractivity (Wildman–Crippen MR) is 112 cm³/mol. The van der Waals surface area contributed by atoms with Crippen LogP contribution in [0.25, 0.3) is 11.0 Å². The van der Waals surface area contributed by atoms with E-state index in [1.165, 1.54) is 6.07 Å². The van der Waals surface area contributed by atoms with Crippen LogP contribution in [0.1, 0.15) is 38.9 Å². The summed E-state index contributed by atoms with van der Waals surface area (Å²) in [5.74, 6) is -3.89. The molecule has 0 radical (unpaired) electrons. The molecule has 1 unspecified atom stereocenters. The fourth-order valence-corrected chi connectivity index (χ4v) is 4.12. The number of carboxylic acids is 2. The first kappa shape index (κ1) is 21.8. The summed E-state index contributed by atoms with van der Waals surface area (Å²) in [6, 6.07) is 1.90. The first-order chi connectivity index (χ1) is 14.7. The molecule has 2 atom stereocenters. The van der Waals surface area contributed by atoms with Crippen molar-refractivity contribution in [3.63, 3.8) is 0 Å². The fourth-order valence-electron chi connectivity index (χ4n) is 3.09. The Kier molecular flexibility index (Phi) is 6.20. The molecule has 0 aromatic carbocycles. The number of amides is 1. The van der Waals surface area contributed by atoms with Crippen molar-refractivity contribution >= 4 is 46.2 Å². The molecule has 0 aliphatic rings. The number of fused-ring (bicyclic) bond motifs is 1. The van der Waals surface area contributed by atoms with Gasteiger partial charge in [0.05, 0.1) is 10.3 Å². The number of aromatic nitrogens is 3. The van der Waals surface area contributed by atoms with Crippen molar-refractivity contribution in [3.05, 3.63) is 46.3 Å². The van der Waals surface area contributed by atoms with Gasteiger partial charge in [0, 0.05) is 23.4 Å². The molecule has 31 heavy (non-hydrogen) atoms. The number of allylic oxidation sites excluding steroid dienone is 1. The van der Waals surface area contributed by atoms with Crippen molar-refractivity contribution in [1.82, 2.24) is 20.3 Å². The van der Waals surface area contributed by atoms with Gasteiger partial charge in [-0.1, -0.05) is 6.08 Å². The number of nitrogens with two attached hydrogens (primary N) is 1. The monoisotopic (exact) mass is 445 g/mol. The molecule has 0 spiro atoms. The number of carboxylic acid groups (broad SMARTS) is 2. The van der Waals surface area contributed by atoms with E-state index in [9.17, 15) is 24.6 Å². The molecule has 0 saturated carbocycles. The summed E-state index contributed by atoms with van der Waals surface area (Å²) in [5.41, 5.74) is 6.53. The highest BCUT2D eigenvalue weighted by Gasteiger charge is 2.25. The minimum atomic E-state index is -1.32. The molecule has 3 rings (SSSR count). The van der Waals surface area contributed by atoms with Crippen LogP contribution in [0.5, 0.6) is 5.88 Å². The van der Waals surface area contributed by atoms with E-state index in [-0.39, 0.29) is 29.5 Å². The van der Waals surface area contributed by atoms with Gasteiger partial charge in [0.2, 0.25) is 11.8 Å². The van der Waals surface area contributed by atoms with Crippen LogP contribution in [0.3, 0.4) is 0 Å². The third-order valence-electron chi connectivity index (χ3n) is 4.54. The topological polar surface area (TPSA) is 192 Å². The second kappa shape index (κ2) is 8.83. The molecule has 3 aromatic rings. The highest BCUT2D eigenvalue weighted by Crippen LogP contribution is 2.37. The van der Waals surface area contributed by atoms with Crippen LogP contribution in [0.2, 0.25) is 0 Å². The smallest absolute Gasteiger partial charge is 0.326 e. The molecule has 3 aromatic heterocycles. The molecule has 0 saturated heterocycles. The van der Waals surface area contributed by atoms with E-state index >= 15 is 0 Å². The lowest BCUT2D eigenvalue weighted by molar-refractivity contribution is -0.140. The summed E-state index contributed by atoms with van der Waals surface area (Å²) in [5, 5.41) is 30.9. The molecule has 0 aliphatic heterocycles. The first-order valence-electron chi connectivity index (χ1n) is 9.02. The Bertz CT molecular complexity index is 1170. The molecule has 0 fully saturated rings. The number of aromatic hydroxyl groups is 1. The number of hydrogen-bond donors (Lipinski definition) is 6. The largest absolute Gasteiger partial charge is 0.493 e. The van der Waals surface area contributed by atoms with Crippen molar-refractivity contribution in [2.75, 3.05) is 5.73 Å². The van der Waals surface area contributed by atoms with Crippen LogP contribution in [-0.4, -0.2) is 54.2 Å². The Morgan fingerprint density at radius 3 is 2.68 bits per heavy atom. The Balaban J connectivity index is 1.85. The van der Waals surface area contributed by atoms with Crippen molar-refractivity contribution in [1.29, 1.82) is 0 Å². The molecule has 7 N–H and O–H groups in total. The molecule has 162 valence electrons. The lowest BCUT2D eigenvalue weighted by Gasteiger charge is -2.13. The number of rotatable bonds is 9. The molecule has 12 heteroatoms. The molecule has 0 bridgehead atoms. The van der Waals surface area contributed by atoms with Gasteiger partial charge in [-0.2, -0.15) is 9.97 Å². The quantitative estimate of drug-likeness (QED) is 0.266. The van der Waals surface area contributed by atoms with Gasteiger partial charge in [0.1, 0.15) is 11.7 Å². The second-order valence-electron chi connectivity index (χ2n) is 6.59. The standard InChI is InChI=1S/C19H19N5O6S/c1-2-8(9-7-21-15-14(9)17(28)24-19(20)23-15)11-4-5-12(31-11)16(27)22-10(18(29)30)3-6-13(25)26/h2,4-5,7-8,10H,1,3,6H2,(H,22,27)(H,25,26)(H,29,30)(H4,20,21,23,24,28)/t8?,10-/m0/s1. The molecule has 1 amide bonds. The molecular formula is C19H19N5O6S. The van der Waals surface area contributed by atoms with Crippen LogP contribution in [0, 0.1) is 0 Å². The van der Waals surface area contributed by atoms with E-state index in [0.29, 0.717) is 21.5 Å². The number of nitrogens with one attached hydrogen (secondary N) is 2. The minimum Gasteiger partial charge on any atom is -0.493 e. The molecular weight excluding hydrogens is 426 g/mol. The van der Waals surface area contributed by atoms with Crippen LogP contribution >= 0.6 is 11.3 Å². The van der Waals surface area contributed by atoms with Gasteiger partial charge in [-0.15, -0.1) is 17.9 Å². The number of H-pyrrole nitrogens is 1. The van der Waals surface area contributed by atoms with Crippen LogP contribution in [0.15, 0.2) is 31.0 Å². The molecule has 3 heterocycles. The highest BCUT2D eigenvalue weighted by atomic mass is 32.1. The normalized spacial score (nSPS) is 12.9. The lowest BCUT2D eigenvalue weighted by atomic mass is 9.98. The SMILES string of the molecule is C=CC(c1ccc(C(=O)N[C@@H](CCC(=O)O)C(=O)O)s1)c1c[nH]c2nc(N)nc(O)c12. The summed E-state index contributed by atoms with van der Waals surface area (Å²) < 4.78 is 0. The zero-order valence-electron chi connectivity index (χ0n) is 16.0. The van der Waals surface area contributed by atoms with Crippen molar-refractivity contribution in [2.45, 2.75) is 24.8 Å². The van der Waals surface area contributed by atoms with E-state index in [4.69, 9.17) is 10.8 Å². The Morgan fingerprint density at radius 1 is 1.29 bits per heavy atom. The summed E-state index contributed by atoms with van der Waals surface area (Å²) in [6.45, 7) is 3.83. The van der Waals surface area contributed by atoms with E-state index in [2.05, 4.69) is 26.8 Å². The molecule has 11 nitrogen and oxygen atoms in total. The van der Waals surface area contributed by atoms with Gasteiger partial charge in [-0.3, -0.25) is 9.59 Å². The number of carbonyl (C=O) groups is 3. The second-order valence-corrected chi connectivity index (χ2v) is 7.70. The van der Waals surface area contributed by atoms with Crippen LogP contribution < -0.4 is 11.1 Å².